The zero-order chi connectivity index (χ0) is 7.33. The van der Waals surface area contributed by atoms with Gasteiger partial charge in [-0.3, -0.25) is 4.57 Å². The van der Waals surface area contributed by atoms with E-state index in [-0.39, 0.29) is 6.16 Å². The second kappa shape index (κ2) is 3.41. The summed E-state index contributed by atoms with van der Waals surface area (Å²) in [6.07, 6.45) is 1.82. The van der Waals surface area contributed by atoms with Gasteiger partial charge in [-0.05, 0) is 0 Å². The van der Waals surface area contributed by atoms with Gasteiger partial charge in [-0.15, -0.1) is 0 Å². The highest BCUT2D eigenvalue weighted by molar-refractivity contribution is 7.51. The number of rotatable bonds is 2. The van der Waals surface area contributed by atoms with Gasteiger partial charge in [0.2, 0.25) is 0 Å². The van der Waals surface area contributed by atoms with Crippen LogP contribution in [0.3, 0.4) is 0 Å². The fourth-order valence-electron chi connectivity index (χ4n) is 0.243. The third kappa shape index (κ3) is 7.38. The molecule has 0 bridgehead atoms. The van der Waals surface area contributed by atoms with Crippen molar-refractivity contribution in [2.75, 3.05) is 6.16 Å². The molecule has 0 atom stereocenters. The van der Waals surface area contributed by atoms with Crippen LogP contribution in [-0.4, -0.2) is 15.9 Å². The minimum Gasteiger partial charge on any atom is -0.324 e. The summed E-state index contributed by atoms with van der Waals surface area (Å²) in [4.78, 5) is 16.4. The largest absolute Gasteiger partial charge is 0.329 e. The Morgan fingerprint density at radius 3 is 2.56 bits per heavy atom. The summed E-state index contributed by atoms with van der Waals surface area (Å²) >= 11 is 0. The Morgan fingerprint density at radius 2 is 2.22 bits per heavy atom. The van der Waals surface area contributed by atoms with Gasteiger partial charge in [0, 0.05) is 6.08 Å². The first-order valence-electron chi connectivity index (χ1n) is 2.15. The molecule has 0 saturated carbocycles. The molecule has 0 aliphatic carbocycles. The summed E-state index contributed by atoms with van der Waals surface area (Å²) in [5.74, 6) is 0. The average Bonchev–Trinajstić information content (AvgIpc) is 1.63. The van der Waals surface area contributed by atoms with Crippen LogP contribution in [-0.2, 0) is 4.57 Å². The molecule has 0 rings (SSSR count). The summed E-state index contributed by atoms with van der Waals surface area (Å²) in [6.45, 7) is 0. The summed E-state index contributed by atoms with van der Waals surface area (Å²) in [5.41, 5.74) is 0. The van der Waals surface area contributed by atoms with Crippen molar-refractivity contribution in [3.05, 3.63) is 12.2 Å². The smallest absolute Gasteiger partial charge is 0.324 e. The molecule has 0 saturated heterocycles. The molecule has 0 amide bonds. The molecular weight excluding hydrogens is 141 g/mol. The van der Waals surface area contributed by atoms with Gasteiger partial charge >= 0.3 is 7.60 Å². The first kappa shape index (κ1) is 8.38. The van der Waals surface area contributed by atoms with E-state index in [4.69, 9.17) is 15.0 Å². The summed E-state index contributed by atoms with van der Waals surface area (Å²) < 4.78 is 10.0. The van der Waals surface area contributed by atoms with Crippen molar-refractivity contribution in [2.24, 2.45) is 0 Å². The number of nitriles is 1. The maximum atomic E-state index is 10.0. The van der Waals surface area contributed by atoms with Crippen molar-refractivity contribution in [3.8, 4) is 6.07 Å². The predicted octanol–water partition coefficient (Wildman–Crippen LogP) is 0.244. The fraction of sp³-hybridized carbons (Fsp3) is 0.250. The molecule has 0 aliphatic rings. The van der Waals surface area contributed by atoms with E-state index in [2.05, 4.69) is 0 Å². The second-order valence-electron chi connectivity index (χ2n) is 1.38. The first-order chi connectivity index (χ1) is 4.06. The molecule has 5 heteroatoms. The lowest BCUT2D eigenvalue weighted by atomic mass is 10.6. The molecule has 9 heavy (non-hydrogen) atoms. The number of allylic oxidation sites excluding steroid dienone is 2. The van der Waals surface area contributed by atoms with Crippen molar-refractivity contribution < 1.29 is 14.4 Å². The highest BCUT2D eigenvalue weighted by atomic mass is 31.2. The normalized spacial score (nSPS) is 11.7. The van der Waals surface area contributed by atoms with Crippen LogP contribution in [0.25, 0.3) is 0 Å². The van der Waals surface area contributed by atoms with E-state index >= 15 is 0 Å². The lowest BCUT2D eigenvalue weighted by Gasteiger charge is -1.94. The van der Waals surface area contributed by atoms with Gasteiger partial charge in [0.25, 0.3) is 0 Å². The maximum absolute atomic E-state index is 10.0. The Bertz CT molecular complexity index is 186. The molecule has 0 aromatic carbocycles. The lowest BCUT2D eigenvalue weighted by molar-refractivity contribution is 0.377. The summed E-state index contributed by atoms with van der Waals surface area (Å²) in [6, 6.07) is 1.62. The van der Waals surface area contributed by atoms with Crippen molar-refractivity contribution in [2.45, 2.75) is 0 Å². The van der Waals surface area contributed by atoms with E-state index < -0.39 is 7.60 Å². The Labute approximate surface area is 52.6 Å². The quantitative estimate of drug-likeness (QED) is 0.433. The van der Waals surface area contributed by atoms with Gasteiger partial charge in [0.05, 0.1) is 12.2 Å². The molecule has 0 fully saturated rings. The van der Waals surface area contributed by atoms with E-state index in [1.807, 2.05) is 0 Å². The number of hydrogen-bond donors (Lipinski definition) is 2. The zero-order valence-corrected chi connectivity index (χ0v) is 5.45. The third-order valence-electron chi connectivity index (χ3n) is 0.536. The highest BCUT2D eigenvalue weighted by Gasteiger charge is 2.07. The van der Waals surface area contributed by atoms with Crippen molar-refractivity contribution in [3.63, 3.8) is 0 Å². The van der Waals surface area contributed by atoms with Crippen molar-refractivity contribution in [1.82, 2.24) is 0 Å². The number of nitrogens with zero attached hydrogens (tertiary/aromatic N) is 1. The van der Waals surface area contributed by atoms with Gasteiger partial charge in [0.15, 0.2) is 0 Å². The van der Waals surface area contributed by atoms with E-state index in [0.29, 0.717) is 0 Å². The average molecular weight is 147 g/mol. The lowest BCUT2D eigenvalue weighted by Crippen LogP contribution is -1.80. The summed E-state index contributed by atoms with van der Waals surface area (Å²) in [7, 11) is -3.93. The van der Waals surface area contributed by atoms with Gasteiger partial charge in [0.1, 0.15) is 0 Å². The molecule has 0 aliphatic heterocycles. The third-order valence-corrected chi connectivity index (χ3v) is 1.22. The molecular formula is C4H6NO3P. The van der Waals surface area contributed by atoms with Crippen LogP contribution in [0.1, 0.15) is 0 Å². The second-order valence-corrected chi connectivity index (χ2v) is 3.07. The van der Waals surface area contributed by atoms with Crippen LogP contribution in [0.4, 0.5) is 0 Å². The van der Waals surface area contributed by atoms with Crippen molar-refractivity contribution >= 4 is 7.60 Å². The monoisotopic (exact) mass is 147 g/mol. The van der Waals surface area contributed by atoms with E-state index in [1.165, 1.54) is 0 Å². The molecule has 4 nitrogen and oxygen atoms in total. The Morgan fingerprint density at radius 1 is 1.67 bits per heavy atom. The molecule has 0 aromatic rings. The number of hydrogen-bond acceptors (Lipinski definition) is 2. The zero-order valence-electron chi connectivity index (χ0n) is 4.56. The van der Waals surface area contributed by atoms with Gasteiger partial charge in [-0.25, -0.2) is 0 Å². The molecule has 0 heterocycles. The summed E-state index contributed by atoms with van der Waals surface area (Å²) in [5, 5.41) is 7.87. The van der Waals surface area contributed by atoms with Gasteiger partial charge in [-0.2, -0.15) is 5.26 Å². The topological polar surface area (TPSA) is 81.3 Å². The van der Waals surface area contributed by atoms with E-state index in [9.17, 15) is 4.57 Å². The van der Waals surface area contributed by atoms with Crippen LogP contribution in [0.5, 0.6) is 0 Å². The Hall–Kier alpha value is -0.620. The van der Waals surface area contributed by atoms with Crippen LogP contribution in [0.2, 0.25) is 0 Å². The minimum atomic E-state index is -3.93. The van der Waals surface area contributed by atoms with Crippen LogP contribution in [0.15, 0.2) is 12.2 Å². The van der Waals surface area contributed by atoms with Crippen molar-refractivity contribution in [1.29, 1.82) is 5.26 Å². The van der Waals surface area contributed by atoms with Crippen LogP contribution >= 0.6 is 7.60 Å². The molecule has 2 N–H and O–H groups in total. The molecule has 0 radical (unpaired) electrons. The maximum Gasteiger partial charge on any atom is 0.329 e. The van der Waals surface area contributed by atoms with Crippen LogP contribution < -0.4 is 0 Å². The van der Waals surface area contributed by atoms with E-state index in [1.54, 1.807) is 6.07 Å². The predicted molar refractivity (Wildman–Crippen MR) is 31.7 cm³/mol. The SMILES string of the molecule is N#CC=CCP(=O)(O)O. The van der Waals surface area contributed by atoms with Gasteiger partial charge in [-0.1, -0.05) is 6.08 Å². The standard InChI is InChI=1S/C4H6NO3P/c5-3-1-2-4-9(6,7)8/h1-2H,4H2,(H2,6,7,8). The Kier molecular flexibility index (Phi) is 3.18. The van der Waals surface area contributed by atoms with Gasteiger partial charge < -0.3 is 9.79 Å². The minimum absolute atomic E-state index is 0.361. The molecule has 0 unspecified atom stereocenters. The first-order valence-corrected chi connectivity index (χ1v) is 3.95. The molecule has 0 spiro atoms. The van der Waals surface area contributed by atoms with E-state index in [0.717, 1.165) is 12.2 Å². The molecule has 0 aromatic heterocycles. The highest BCUT2D eigenvalue weighted by Crippen LogP contribution is 2.33. The Balaban J connectivity index is 3.68. The van der Waals surface area contributed by atoms with Crippen LogP contribution in [0, 0.1) is 11.3 Å². The molecule has 50 valence electrons. The fourth-order valence-corrected chi connectivity index (χ4v) is 0.623.